The van der Waals surface area contributed by atoms with Crippen LogP contribution in [0.3, 0.4) is 0 Å². The number of nitrogens with one attached hydrogen (secondary N) is 1. The molecule has 1 amide bonds. The molecule has 0 aliphatic carbocycles. The molecule has 1 atom stereocenters. The predicted molar refractivity (Wildman–Crippen MR) is 123 cm³/mol. The molecule has 0 fully saturated rings. The van der Waals surface area contributed by atoms with E-state index in [0.717, 1.165) is 10.6 Å². The first-order valence-corrected chi connectivity index (χ1v) is 11.7. The van der Waals surface area contributed by atoms with E-state index in [1.54, 1.807) is 25.1 Å². The summed E-state index contributed by atoms with van der Waals surface area (Å²) in [6.45, 7) is 1.27. The van der Waals surface area contributed by atoms with Gasteiger partial charge in [-0.25, -0.2) is 8.42 Å². The Labute approximate surface area is 193 Å². The third-order valence-electron chi connectivity index (χ3n) is 4.69. The number of hydrogen-bond acceptors (Lipinski definition) is 7. The molecule has 0 saturated heterocycles. The molecular formula is C21H27ClN2O7S. The van der Waals surface area contributed by atoms with Crippen LogP contribution < -0.4 is 28.6 Å². The number of methoxy groups -OCH3 is 4. The number of anilines is 1. The average Bonchev–Trinajstić information content (AvgIpc) is 2.76. The van der Waals surface area contributed by atoms with Crippen molar-refractivity contribution in [1.29, 1.82) is 0 Å². The van der Waals surface area contributed by atoms with Crippen LogP contribution in [0.25, 0.3) is 0 Å². The molecule has 2 aromatic rings. The molecule has 0 saturated carbocycles. The first-order chi connectivity index (χ1) is 15.0. The van der Waals surface area contributed by atoms with E-state index in [9.17, 15) is 13.2 Å². The van der Waals surface area contributed by atoms with Crippen molar-refractivity contribution >= 4 is 33.2 Å². The summed E-state index contributed by atoms with van der Waals surface area (Å²) in [5, 5.41) is 3.03. The fraction of sp³-hybridized carbons (Fsp3) is 0.381. The molecule has 1 unspecified atom stereocenters. The number of carbonyl (C=O) groups is 1. The number of ether oxygens (including phenoxy) is 4. The zero-order valence-corrected chi connectivity index (χ0v) is 20.3. The van der Waals surface area contributed by atoms with Crippen molar-refractivity contribution in [3.63, 3.8) is 0 Å². The molecule has 9 nitrogen and oxygen atoms in total. The maximum atomic E-state index is 12.8. The van der Waals surface area contributed by atoms with E-state index in [1.807, 2.05) is 0 Å². The van der Waals surface area contributed by atoms with Gasteiger partial charge in [0.2, 0.25) is 15.9 Å². The van der Waals surface area contributed by atoms with Crippen LogP contribution in [0.5, 0.6) is 23.0 Å². The molecule has 0 aromatic heterocycles. The van der Waals surface area contributed by atoms with Crippen LogP contribution in [0.2, 0.25) is 5.02 Å². The lowest BCUT2D eigenvalue weighted by Gasteiger charge is -2.26. The number of rotatable bonds is 10. The lowest BCUT2D eigenvalue weighted by atomic mass is 10.1. The van der Waals surface area contributed by atoms with Gasteiger partial charge in [-0.3, -0.25) is 9.10 Å². The Bertz CT molecular complexity index is 1080. The monoisotopic (exact) mass is 486 g/mol. The quantitative estimate of drug-likeness (QED) is 0.550. The van der Waals surface area contributed by atoms with Crippen molar-refractivity contribution in [2.24, 2.45) is 0 Å². The molecule has 0 spiro atoms. The molecule has 1 N–H and O–H groups in total. The van der Waals surface area contributed by atoms with E-state index < -0.39 is 28.5 Å². The fourth-order valence-corrected chi connectivity index (χ4v) is 4.18. The third-order valence-corrected chi connectivity index (χ3v) is 6.11. The summed E-state index contributed by atoms with van der Waals surface area (Å²) in [7, 11) is 1.97. The van der Waals surface area contributed by atoms with Crippen LogP contribution in [0.1, 0.15) is 18.5 Å². The van der Waals surface area contributed by atoms with E-state index in [-0.39, 0.29) is 22.2 Å². The van der Waals surface area contributed by atoms with Gasteiger partial charge in [-0.1, -0.05) is 11.6 Å². The molecule has 32 heavy (non-hydrogen) atoms. The van der Waals surface area contributed by atoms with Gasteiger partial charge in [-0.15, -0.1) is 0 Å². The van der Waals surface area contributed by atoms with E-state index >= 15 is 0 Å². The lowest BCUT2D eigenvalue weighted by molar-refractivity contribution is -0.120. The maximum Gasteiger partial charge on any atom is 0.241 e. The topological polar surface area (TPSA) is 103 Å². The van der Waals surface area contributed by atoms with Crippen molar-refractivity contribution in [2.75, 3.05) is 45.5 Å². The second kappa shape index (κ2) is 10.6. The first kappa shape index (κ1) is 25.4. The zero-order chi connectivity index (χ0) is 24.1. The van der Waals surface area contributed by atoms with Crippen molar-refractivity contribution in [3.8, 4) is 23.0 Å². The van der Waals surface area contributed by atoms with Crippen LogP contribution in [-0.2, 0) is 14.8 Å². The molecule has 0 radical (unpaired) electrons. The molecule has 11 heteroatoms. The van der Waals surface area contributed by atoms with E-state index in [2.05, 4.69) is 5.32 Å². The minimum atomic E-state index is -3.86. The number of nitrogens with zero attached hydrogens (tertiary/aromatic N) is 1. The summed E-state index contributed by atoms with van der Waals surface area (Å²) >= 11 is 6.12. The second-order valence-electron chi connectivity index (χ2n) is 6.83. The summed E-state index contributed by atoms with van der Waals surface area (Å²) in [4.78, 5) is 12.8. The number of sulfonamides is 1. The second-order valence-corrected chi connectivity index (χ2v) is 9.14. The summed E-state index contributed by atoms with van der Waals surface area (Å²) < 4.78 is 47.1. The number of amides is 1. The molecule has 0 aliphatic rings. The Morgan fingerprint density at radius 2 is 1.62 bits per heavy atom. The van der Waals surface area contributed by atoms with Crippen LogP contribution in [-0.4, -0.2) is 55.6 Å². The Morgan fingerprint density at radius 3 is 2.16 bits per heavy atom. The highest BCUT2D eigenvalue weighted by atomic mass is 35.5. The summed E-state index contributed by atoms with van der Waals surface area (Å²) in [6.07, 6.45) is 0.995. The molecule has 176 valence electrons. The van der Waals surface area contributed by atoms with Gasteiger partial charge in [0.05, 0.1) is 51.4 Å². The van der Waals surface area contributed by atoms with Crippen molar-refractivity contribution < 1.29 is 32.2 Å². The van der Waals surface area contributed by atoms with Gasteiger partial charge >= 0.3 is 0 Å². The van der Waals surface area contributed by atoms with E-state index in [4.69, 9.17) is 30.5 Å². The summed E-state index contributed by atoms with van der Waals surface area (Å²) in [5.41, 5.74) is 0.801. The van der Waals surface area contributed by atoms with Crippen LogP contribution in [0.4, 0.5) is 5.69 Å². The Hall–Kier alpha value is -2.85. The number of hydrogen-bond donors (Lipinski definition) is 1. The first-order valence-electron chi connectivity index (χ1n) is 9.46. The van der Waals surface area contributed by atoms with E-state index in [0.29, 0.717) is 17.1 Å². The van der Waals surface area contributed by atoms with Gasteiger partial charge in [0, 0.05) is 17.7 Å². The highest BCUT2D eigenvalue weighted by Crippen LogP contribution is 2.39. The molecule has 0 heterocycles. The maximum absolute atomic E-state index is 12.8. The van der Waals surface area contributed by atoms with Gasteiger partial charge < -0.3 is 24.3 Å². The highest BCUT2D eigenvalue weighted by molar-refractivity contribution is 7.92. The zero-order valence-electron chi connectivity index (χ0n) is 18.8. The van der Waals surface area contributed by atoms with Gasteiger partial charge in [-0.05, 0) is 25.1 Å². The van der Waals surface area contributed by atoms with Crippen molar-refractivity contribution in [3.05, 3.63) is 40.9 Å². The van der Waals surface area contributed by atoms with Gasteiger partial charge in [0.15, 0.2) is 0 Å². The molecule has 2 rings (SSSR count). The third kappa shape index (κ3) is 5.89. The van der Waals surface area contributed by atoms with Crippen molar-refractivity contribution in [2.45, 2.75) is 13.0 Å². The summed E-state index contributed by atoms with van der Waals surface area (Å²) in [6, 6.07) is 7.55. The average molecular weight is 487 g/mol. The van der Waals surface area contributed by atoms with Gasteiger partial charge in [0.1, 0.15) is 29.5 Å². The number of benzene rings is 2. The highest BCUT2D eigenvalue weighted by Gasteiger charge is 2.27. The minimum absolute atomic E-state index is 0.123. The molecule has 0 aliphatic heterocycles. The molecule has 2 aromatic carbocycles. The SMILES string of the molecule is COc1ccc(OC)c(C(C)NC(=O)CN(c2cc(OC)c(Cl)cc2OC)S(C)(=O)=O)c1. The largest absolute Gasteiger partial charge is 0.497 e. The predicted octanol–water partition coefficient (Wildman–Crippen LogP) is 3.02. The Balaban J connectivity index is 2.35. The van der Waals surface area contributed by atoms with Gasteiger partial charge in [0.25, 0.3) is 0 Å². The van der Waals surface area contributed by atoms with Gasteiger partial charge in [-0.2, -0.15) is 0 Å². The normalized spacial score (nSPS) is 12.0. The fourth-order valence-electron chi connectivity index (χ4n) is 3.09. The van der Waals surface area contributed by atoms with Crippen LogP contribution in [0, 0.1) is 0 Å². The Morgan fingerprint density at radius 1 is 1.00 bits per heavy atom. The smallest absolute Gasteiger partial charge is 0.241 e. The molecule has 0 bridgehead atoms. The number of halogens is 1. The standard InChI is InChI=1S/C21H27ClN2O7S/c1-13(15-9-14(28-2)7-8-18(15)29-3)23-21(25)12-24(32(6,26)27)17-11-19(30-4)16(22)10-20(17)31-5/h7-11,13H,12H2,1-6H3,(H,23,25). The van der Waals surface area contributed by atoms with E-state index in [1.165, 1.54) is 40.6 Å². The van der Waals surface area contributed by atoms with Crippen LogP contribution >= 0.6 is 11.6 Å². The molecular weight excluding hydrogens is 460 g/mol. The van der Waals surface area contributed by atoms with Crippen LogP contribution in [0.15, 0.2) is 30.3 Å². The number of carbonyl (C=O) groups excluding carboxylic acids is 1. The summed E-state index contributed by atoms with van der Waals surface area (Å²) in [5.74, 6) is 1.03. The van der Waals surface area contributed by atoms with Crippen molar-refractivity contribution in [1.82, 2.24) is 5.32 Å². The Kier molecular flexibility index (Phi) is 8.45. The lowest BCUT2D eigenvalue weighted by Crippen LogP contribution is -2.41. The minimum Gasteiger partial charge on any atom is -0.497 e.